The smallest absolute Gasteiger partial charge is 0.296 e. The Bertz CT molecular complexity index is 6370. The number of nitrogens with one attached hydrogen (secondary N) is 5. The minimum atomic E-state index is -4.83. The van der Waals surface area contributed by atoms with Gasteiger partial charge in [0.05, 0.1) is 68.1 Å². The molecule has 0 saturated carbocycles. The van der Waals surface area contributed by atoms with Gasteiger partial charge in [-0.2, -0.15) is 33.7 Å². The Morgan fingerprint density at radius 2 is 0.720 bits per heavy atom. The van der Waals surface area contributed by atoms with Crippen LogP contribution in [0, 0.1) is 24.4 Å². The minimum absolute atomic E-state index is 0. The summed E-state index contributed by atoms with van der Waals surface area (Å²) in [6.45, 7) is 8.17. The molecule has 3 aromatic heterocycles. The third kappa shape index (κ3) is 28.0. The summed E-state index contributed by atoms with van der Waals surface area (Å²) in [5.74, 6) is -2.61. The predicted octanol–water partition coefficient (Wildman–Crippen LogP) is 11.0. The van der Waals surface area contributed by atoms with Crippen molar-refractivity contribution in [2.75, 3.05) is 62.8 Å². The van der Waals surface area contributed by atoms with Gasteiger partial charge in [-0.25, -0.2) is 5.26 Å². The first-order valence-electron chi connectivity index (χ1n) is 33.7. The Hall–Kier alpha value is -8.54. The molecule has 0 saturated heterocycles. The van der Waals surface area contributed by atoms with Crippen molar-refractivity contribution in [1.82, 2.24) is 44.9 Å². The summed E-state index contributed by atoms with van der Waals surface area (Å²) in [6, 6.07) is 34.7. The Morgan fingerprint density at radius 1 is 0.424 bits per heavy atom. The number of anilines is 12. The van der Waals surface area contributed by atoms with Crippen molar-refractivity contribution >= 4 is 191 Å². The van der Waals surface area contributed by atoms with E-state index in [-0.39, 0.29) is 229 Å². The first-order chi connectivity index (χ1) is 56.1. The third-order valence-corrected chi connectivity index (χ3v) is 20.1. The molecule has 0 amide bonds. The molecule has 8 aromatic carbocycles. The Morgan fingerprint density at radius 3 is 1.04 bits per heavy atom. The van der Waals surface area contributed by atoms with Gasteiger partial charge >= 0.3 is 0 Å². The molecule has 650 valence electrons. The van der Waals surface area contributed by atoms with Crippen LogP contribution in [0.5, 0.6) is 0 Å². The largest absolute Gasteiger partial charge is 0.397 e. The van der Waals surface area contributed by atoms with Crippen LogP contribution >= 0.6 is 46.8 Å². The third-order valence-electron chi connectivity index (χ3n) is 16.7. The molecule has 0 unspecified atom stereocenters. The number of rotatable bonds is 19. The zero-order chi connectivity index (χ0) is 87.4. The molecule has 3 heterocycles. The van der Waals surface area contributed by atoms with Crippen LogP contribution < -0.4 is 43.8 Å². The predicted molar refractivity (Wildman–Crippen MR) is 437 cm³/mol. The zero-order valence-corrected chi connectivity index (χ0v) is 79.5. The van der Waals surface area contributed by atoms with Crippen molar-refractivity contribution in [3.05, 3.63) is 247 Å². The molecule has 125 heavy (non-hydrogen) atoms. The maximum Gasteiger partial charge on any atom is 0.296 e. The van der Waals surface area contributed by atoms with Crippen LogP contribution in [-0.4, -0.2) is 156 Å². The fourth-order valence-corrected chi connectivity index (χ4v) is 14.0. The maximum absolute atomic E-state index is 13.4. The van der Waals surface area contributed by atoms with Crippen LogP contribution in [0.25, 0.3) is 0 Å². The van der Waals surface area contributed by atoms with Crippen molar-refractivity contribution in [2.24, 2.45) is 5.41 Å². The zero-order valence-electron chi connectivity index (χ0n) is 64.8. The van der Waals surface area contributed by atoms with Crippen LogP contribution in [0.1, 0.15) is 135 Å². The van der Waals surface area contributed by atoms with Crippen molar-refractivity contribution in [3.63, 3.8) is 0 Å². The van der Waals surface area contributed by atoms with Gasteiger partial charge in [-0.05, 0) is 72.5 Å². The number of hydrogen-bond acceptors (Lipinski definition) is 35. The molecule has 52 heteroatoms. The van der Waals surface area contributed by atoms with Crippen LogP contribution in [0.3, 0.4) is 0 Å². The number of halogens is 3. The van der Waals surface area contributed by atoms with Gasteiger partial charge in [0.25, 0.3) is 40.5 Å². The fourth-order valence-electron chi connectivity index (χ4n) is 11.6. The topological polar surface area (TPSA) is 613 Å². The maximum atomic E-state index is 13.4. The van der Waals surface area contributed by atoms with E-state index in [0.717, 1.165) is 30.2 Å². The molecule has 3 aliphatic rings. The number of aryl methyl sites for hydroxylation is 1. The molecule has 0 atom stereocenters. The second-order valence-corrected chi connectivity index (χ2v) is 32.3. The number of aromatic nitrogens is 9. The van der Waals surface area contributed by atoms with Crippen LogP contribution in [-0.2, 0) is 168 Å². The molecule has 16 N–H and O–H groups in total. The van der Waals surface area contributed by atoms with Crippen LogP contribution in [0.15, 0.2) is 154 Å². The van der Waals surface area contributed by atoms with Gasteiger partial charge in [0.2, 0.25) is 0 Å². The number of benzene rings is 8. The second kappa shape index (κ2) is 47.5. The normalized spacial score (nSPS) is 11.9. The molecule has 14 rings (SSSR count). The number of nitrogen functional groups attached to an aromatic ring is 3. The summed E-state index contributed by atoms with van der Waals surface area (Å²) < 4.78 is 131. The van der Waals surface area contributed by atoms with E-state index >= 15 is 0 Å². The van der Waals surface area contributed by atoms with E-state index in [4.69, 9.17) is 61.8 Å². The summed E-state index contributed by atoms with van der Waals surface area (Å²) in [5.41, 5.74) is 17.8. The van der Waals surface area contributed by atoms with E-state index in [1.165, 1.54) is 36.4 Å². The second-order valence-electron chi connectivity index (χ2n) is 25.2. The van der Waals surface area contributed by atoms with Gasteiger partial charge in [-0.3, -0.25) is 47.0 Å². The average Bonchev–Trinajstić information content (AvgIpc) is 0.740. The first-order valence-corrected chi connectivity index (χ1v) is 42.2. The van der Waals surface area contributed by atoms with E-state index in [1.54, 1.807) is 91.2 Å². The van der Waals surface area contributed by atoms with Gasteiger partial charge in [0.15, 0.2) is 34.7 Å². The van der Waals surface area contributed by atoms with Crippen LogP contribution in [0.2, 0.25) is 15.9 Å². The number of hydrogen-bond donors (Lipinski definition) is 13. The van der Waals surface area contributed by atoms with Gasteiger partial charge in [-0.15, -0.1) is 39.1 Å². The van der Waals surface area contributed by atoms with Crippen molar-refractivity contribution < 1.29 is 207 Å². The molecule has 0 fully saturated rings. The quantitative estimate of drug-likeness (QED) is 0.00893. The molecular weight excluding hydrogens is 2020 g/mol. The molecule has 3 aliphatic carbocycles. The molecule has 0 aliphatic heterocycles. The Labute approximate surface area is 804 Å². The van der Waals surface area contributed by atoms with E-state index in [2.05, 4.69) is 99.8 Å². The number of fused-ring (bicyclic) bond motifs is 6. The van der Waals surface area contributed by atoms with Gasteiger partial charge in [-0.1, -0.05) is 118 Å². The fraction of sp³-hybridized carbons (Fsp3) is 0.137. The van der Waals surface area contributed by atoms with Crippen molar-refractivity contribution in [3.8, 4) is 0 Å². The van der Waals surface area contributed by atoms with Gasteiger partial charge in [0, 0.05) is 223 Å². The number of carbonyl (C=O) groups is 6. The van der Waals surface area contributed by atoms with E-state index in [1.807, 2.05) is 27.7 Å². The minimum Gasteiger partial charge on any atom is -0.397 e. The molecular formula is C73H63Cl3N17O21S5V6-3. The summed E-state index contributed by atoms with van der Waals surface area (Å²) in [5, 5.41) is 25.3. The van der Waals surface area contributed by atoms with E-state index < -0.39 is 112 Å². The summed E-state index contributed by atoms with van der Waals surface area (Å²) >= 11 is 18.2. The molecule has 0 bridgehead atoms. The van der Waals surface area contributed by atoms with Crippen molar-refractivity contribution in [1.29, 1.82) is 0 Å². The van der Waals surface area contributed by atoms with Crippen molar-refractivity contribution in [2.45, 2.75) is 55.2 Å². The first kappa shape index (κ1) is 111. The standard InChI is InChI=1S/2C23H14ClN6O5S.C23H21ClN5O5S.C2H6.2CH4O3S.6V/c24-22-26-10-27-23(30-22)29-12-5-3-4-11(8-12)28-15-9-16(36(33,34)35)19(25)18-17(15)20(31)13-6-1-2-7-14(13)21(18)32;24-22-26-10-27-23(30-22)29-12-7-5-11(6-8-12)28-15-9-16(36(33,34)35)19(25)18-17(15)20(31)13-3-1-2-4-14(13)21(18)32;1-23(2,8-7-16-27-11-28-22(24)29-16)10-26-14-9-15(35(32,33)34)19(25)18-17(14)20(30)12-5-3-4-6-13(12)21(18)31;1-2;1-5(2,3)4;1-5-4-3-2;;;;;;/h2*1-9,28H,25H2,(H,33,34,35)(H,26,27,29,30);3-6,9,26H,7-8,10,25H2,1-2H3,(H,32,33,34);1-2H3;1H3,(H,2,3,4);2H,1H3;;;;;;/q3*-1;;;;;;;;;. The Balaban J connectivity index is 0.000000443. The van der Waals surface area contributed by atoms with E-state index in [9.17, 15) is 76.1 Å². The van der Waals surface area contributed by atoms with Gasteiger partial charge in [0.1, 0.15) is 42.4 Å². The summed E-state index contributed by atoms with van der Waals surface area (Å²) in [4.78, 5) is 112. The van der Waals surface area contributed by atoms with Gasteiger partial charge < -0.3 is 88.6 Å². The SMILES string of the molecule is CC.CC(C)(CCc1n[c-]nc(Cl)n1)CNc1cc(S(=O)(=O)O)c(N)c2c1C(=O)c1ccccc1C2=O.CS(=O)(=O)O.CSOOO.Nc1c(S(=O)(=O)O)cc(Nc2ccc(Nc3n[c-]nc(Cl)n3)cc2)c2c1C(=O)c1ccccc1C2=O.Nc1c(S(=O)(=O)O)cc(Nc2cccc(Nc3n[c-]nc(Cl)n3)c2)c2c1C(=O)c1ccccc1C2=O.[V].[V].[V].[V].[V].[V]. The monoisotopic (exact) mass is 2080 g/mol. The molecule has 6 radical (unpaired) electrons. The number of nitrogens with two attached hydrogens (primary N) is 3. The molecule has 11 aromatic rings. The van der Waals surface area contributed by atoms with Crippen LogP contribution in [0.4, 0.5) is 68.8 Å². The molecule has 38 nitrogen and oxygen atoms in total. The summed E-state index contributed by atoms with van der Waals surface area (Å²) in [7, 11) is -18.1. The average molecular weight is 2090 g/mol. The molecule has 0 spiro atoms. The number of nitrogens with zero attached hydrogens (tertiary/aromatic N) is 9. The Kier molecular flexibility index (Phi) is 42.0. The summed E-state index contributed by atoms with van der Waals surface area (Å²) in [6.07, 6.45) is 10.5. The number of ketones is 6. The van der Waals surface area contributed by atoms with E-state index in [0.29, 0.717) is 47.7 Å². The number of carbonyl (C=O) groups excluding carboxylic acids is 6.